The van der Waals surface area contributed by atoms with Gasteiger partial charge in [0.05, 0.1) is 5.69 Å². The second kappa shape index (κ2) is 8.22. The lowest BCUT2D eigenvalue weighted by molar-refractivity contribution is 0.0960. The van der Waals surface area contributed by atoms with Gasteiger partial charge in [-0.2, -0.15) is 0 Å². The van der Waals surface area contributed by atoms with Crippen molar-refractivity contribution < 1.29 is 13.9 Å². The Morgan fingerprint density at radius 2 is 2.20 bits per heavy atom. The first-order chi connectivity index (χ1) is 12.1. The molecule has 2 heterocycles. The summed E-state index contributed by atoms with van der Waals surface area (Å²) in [7, 11) is 0. The lowest BCUT2D eigenvalue weighted by atomic mass is 10.1. The maximum absolute atomic E-state index is 12.9. The van der Waals surface area contributed by atoms with Crippen LogP contribution in [0.5, 0.6) is 5.75 Å². The second-order valence-corrected chi connectivity index (χ2v) is 6.85. The normalized spacial score (nSPS) is 14.1. The van der Waals surface area contributed by atoms with Crippen LogP contribution in [0, 0.1) is 12.7 Å². The van der Waals surface area contributed by atoms with Gasteiger partial charge in [0, 0.05) is 13.1 Å². The molecule has 132 valence electrons. The van der Waals surface area contributed by atoms with Crippen LogP contribution in [0.25, 0.3) is 0 Å². The highest BCUT2D eigenvalue weighted by atomic mass is 32.1. The topological polar surface area (TPSA) is 63.2 Å². The minimum atomic E-state index is -0.305. The molecule has 2 aromatic rings. The highest BCUT2D eigenvalue weighted by Gasteiger charge is 2.16. The molecule has 0 saturated carbocycles. The fraction of sp³-hybridized carbons (Fsp3) is 0.333. The molecular formula is C18H20FN3O2S. The largest absolute Gasteiger partial charge is 0.486 e. The molecule has 2 N–H and O–H groups in total. The van der Waals surface area contributed by atoms with Crippen molar-refractivity contribution in [1.82, 2.24) is 15.6 Å². The minimum Gasteiger partial charge on any atom is -0.486 e. The first-order valence-corrected chi connectivity index (χ1v) is 8.95. The first-order valence-electron chi connectivity index (χ1n) is 8.13. The maximum Gasteiger partial charge on any atom is 0.263 e. The summed E-state index contributed by atoms with van der Waals surface area (Å²) in [5.41, 5.74) is 1.94. The van der Waals surface area contributed by atoms with Crippen molar-refractivity contribution in [2.75, 3.05) is 19.6 Å². The van der Waals surface area contributed by atoms with Gasteiger partial charge in [0.2, 0.25) is 0 Å². The summed E-state index contributed by atoms with van der Waals surface area (Å²) in [5, 5.41) is 6.92. The molecule has 0 spiro atoms. The van der Waals surface area contributed by atoms with Gasteiger partial charge >= 0.3 is 0 Å². The molecule has 1 aromatic carbocycles. The van der Waals surface area contributed by atoms with Crippen molar-refractivity contribution in [2.24, 2.45) is 0 Å². The molecule has 1 aliphatic heterocycles. The van der Waals surface area contributed by atoms with Crippen LogP contribution in [0.2, 0.25) is 0 Å². The summed E-state index contributed by atoms with van der Waals surface area (Å²) in [5.74, 6) is 0.154. The Hall–Kier alpha value is -2.25. The number of aryl methyl sites for hydroxylation is 1. The quantitative estimate of drug-likeness (QED) is 0.777. The first kappa shape index (κ1) is 17.6. The number of carbonyl (C=O) groups is 1. The molecule has 0 unspecified atom stereocenters. The number of amides is 1. The van der Waals surface area contributed by atoms with Gasteiger partial charge in [-0.1, -0.05) is 11.6 Å². The molecule has 7 heteroatoms. The zero-order chi connectivity index (χ0) is 17.6. The van der Waals surface area contributed by atoms with Crippen molar-refractivity contribution in [3.05, 3.63) is 57.3 Å². The van der Waals surface area contributed by atoms with Gasteiger partial charge in [0.15, 0.2) is 0 Å². The molecule has 1 aromatic heterocycles. The summed E-state index contributed by atoms with van der Waals surface area (Å²) < 4.78 is 18.5. The van der Waals surface area contributed by atoms with Gasteiger partial charge in [0.1, 0.15) is 28.1 Å². The number of halogens is 1. The number of thiazole rings is 1. The molecule has 0 atom stereocenters. The van der Waals surface area contributed by atoms with Gasteiger partial charge < -0.3 is 15.4 Å². The second-order valence-electron chi connectivity index (χ2n) is 5.76. The molecule has 0 saturated heterocycles. The number of benzene rings is 1. The Balaban J connectivity index is 1.56. The van der Waals surface area contributed by atoms with E-state index in [0.717, 1.165) is 19.5 Å². The fourth-order valence-corrected chi connectivity index (χ4v) is 3.40. The zero-order valence-corrected chi connectivity index (χ0v) is 14.8. The van der Waals surface area contributed by atoms with Crippen molar-refractivity contribution in [2.45, 2.75) is 20.0 Å². The minimum absolute atomic E-state index is 0.109. The number of hydrogen-bond donors (Lipinski definition) is 2. The lowest BCUT2D eigenvalue weighted by Gasteiger charge is -2.14. The third kappa shape index (κ3) is 4.87. The maximum atomic E-state index is 12.9. The Labute approximate surface area is 149 Å². The van der Waals surface area contributed by atoms with E-state index >= 15 is 0 Å². The third-order valence-electron chi connectivity index (χ3n) is 3.86. The number of nitrogens with zero attached hydrogens (tertiary/aromatic N) is 1. The monoisotopic (exact) mass is 361 g/mol. The standard InChI is InChI=1S/C18H20FN3O2S/c1-12-17(18(23)21-10-13-6-8-20-9-7-13)25-16(22-12)11-24-15-4-2-14(19)3-5-15/h2-6,20H,7-11H2,1H3,(H,21,23). The molecule has 0 fully saturated rings. The van der Waals surface area contributed by atoms with Crippen LogP contribution in [0.1, 0.15) is 26.8 Å². The predicted octanol–water partition coefficient (Wildman–Crippen LogP) is 2.82. The Bertz CT molecular complexity index is 771. The van der Waals surface area contributed by atoms with Crippen LogP contribution in [0.4, 0.5) is 4.39 Å². The van der Waals surface area contributed by atoms with Crippen LogP contribution < -0.4 is 15.4 Å². The molecule has 5 nitrogen and oxygen atoms in total. The van der Waals surface area contributed by atoms with E-state index in [0.29, 0.717) is 27.9 Å². The van der Waals surface area contributed by atoms with Gasteiger partial charge in [-0.25, -0.2) is 9.37 Å². The van der Waals surface area contributed by atoms with Gasteiger partial charge in [0.25, 0.3) is 5.91 Å². The van der Waals surface area contributed by atoms with E-state index in [9.17, 15) is 9.18 Å². The molecule has 0 bridgehead atoms. The van der Waals surface area contributed by atoms with Crippen LogP contribution in [-0.4, -0.2) is 30.5 Å². The predicted molar refractivity (Wildman–Crippen MR) is 95.5 cm³/mol. The number of hydrogen-bond acceptors (Lipinski definition) is 5. The fourth-order valence-electron chi connectivity index (χ4n) is 2.50. The molecule has 3 rings (SSSR count). The molecule has 1 aliphatic rings. The van der Waals surface area contributed by atoms with Gasteiger partial charge in [-0.3, -0.25) is 4.79 Å². The van der Waals surface area contributed by atoms with E-state index in [1.807, 2.05) is 6.92 Å². The summed E-state index contributed by atoms with van der Waals surface area (Å²) >= 11 is 1.32. The Morgan fingerprint density at radius 3 is 2.92 bits per heavy atom. The lowest BCUT2D eigenvalue weighted by Crippen LogP contribution is -2.29. The summed E-state index contributed by atoms with van der Waals surface area (Å²) in [4.78, 5) is 17.4. The zero-order valence-electron chi connectivity index (χ0n) is 14.0. The van der Waals surface area contributed by atoms with E-state index in [4.69, 9.17) is 4.74 Å². The van der Waals surface area contributed by atoms with E-state index in [-0.39, 0.29) is 18.3 Å². The highest BCUT2D eigenvalue weighted by molar-refractivity contribution is 7.13. The van der Waals surface area contributed by atoms with E-state index in [1.54, 1.807) is 12.1 Å². The average Bonchev–Trinajstić information content (AvgIpc) is 3.01. The van der Waals surface area contributed by atoms with E-state index in [2.05, 4.69) is 21.7 Å². The van der Waals surface area contributed by atoms with Crippen LogP contribution >= 0.6 is 11.3 Å². The summed E-state index contributed by atoms with van der Waals surface area (Å²) in [6.45, 7) is 4.44. The Kier molecular flexibility index (Phi) is 5.78. The SMILES string of the molecule is Cc1nc(COc2ccc(F)cc2)sc1C(=O)NCC1=CCNCC1. The van der Waals surface area contributed by atoms with Gasteiger partial charge in [-0.15, -0.1) is 11.3 Å². The number of nitrogens with one attached hydrogen (secondary N) is 2. The van der Waals surface area contributed by atoms with Crippen molar-refractivity contribution in [3.63, 3.8) is 0 Å². The molecule has 1 amide bonds. The summed E-state index contributed by atoms with van der Waals surface area (Å²) in [6, 6.07) is 5.82. The number of carbonyl (C=O) groups excluding carboxylic acids is 1. The molecule has 0 aliphatic carbocycles. The van der Waals surface area contributed by atoms with Crippen molar-refractivity contribution in [3.8, 4) is 5.75 Å². The van der Waals surface area contributed by atoms with Crippen LogP contribution in [0.3, 0.4) is 0 Å². The average molecular weight is 361 g/mol. The molecule has 0 radical (unpaired) electrons. The van der Waals surface area contributed by atoms with Crippen LogP contribution in [0.15, 0.2) is 35.9 Å². The third-order valence-corrected chi connectivity index (χ3v) is 4.99. The number of ether oxygens (including phenoxy) is 1. The summed E-state index contributed by atoms with van der Waals surface area (Å²) in [6.07, 6.45) is 3.07. The van der Waals surface area contributed by atoms with Crippen molar-refractivity contribution in [1.29, 1.82) is 0 Å². The highest BCUT2D eigenvalue weighted by Crippen LogP contribution is 2.20. The number of rotatable bonds is 6. The van der Waals surface area contributed by atoms with Crippen LogP contribution in [-0.2, 0) is 6.61 Å². The van der Waals surface area contributed by atoms with E-state index in [1.165, 1.54) is 29.0 Å². The Morgan fingerprint density at radius 1 is 1.40 bits per heavy atom. The van der Waals surface area contributed by atoms with Crippen molar-refractivity contribution >= 4 is 17.2 Å². The molecular weight excluding hydrogens is 341 g/mol. The van der Waals surface area contributed by atoms with Gasteiger partial charge in [-0.05, 0) is 44.2 Å². The molecule has 25 heavy (non-hydrogen) atoms. The smallest absolute Gasteiger partial charge is 0.263 e. The van der Waals surface area contributed by atoms with E-state index < -0.39 is 0 Å². The number of aromatic nitrogens is 1.